The van der Waals surface area contributed by atoms with Crippen molar-refractivity contribution in [1.82, 2.24) is 9.47 Å². The third-order valence-corrected chi connectivity index (χ3v) is 4.90. The molecule has 1 aliphatic rings. The first-order valence-electron chi connectivity index (χ1n) is 9.22. The monoisotopic (exact) mass is 342 g/mol. The van der Waals surface area contributed by atoms with Crippen molar-refractivity contribution in [3.63, 3.8) is 0 Å². The Morgan fingerprint density at radius 1 is 1.20 bits per heavy atom. The molecular formula is C20H26N2O3. The molecular weight excluding hydrogens is 316 g/mol. The van der Waals surface area contributed by atoms with Gasteiger partial charge < -0.3 is 13.9 Å². The summed E-state index contributed by atoms with van der Waals surface area (Å²) < 4.78 is 7.53. The number of carbonyl (C=O) groups excluding carboxylic acids is 1. The van der Waals surface area contributed by atoms with Crippen molar-refractivity contribution >= 4 is 5.91 Å². The summed E-state index contributed by atoms with van der Waals surface area (Å²) in [5, 5.41) is 0. The number of rotatable bonds is 5. The van der Waals surface area contributed by atoms with Crippen LogP contribution in [-0.4, -0.2) is 21.9 Å². The van der Waals surface area contributed by atoms with Gasteiger partial charge in [-0.05, 0) is 31.0 Å². The minimum atomic E-state index is -0.0682. The zero-order valence-electron chi connectivity index (χ0n) is 14.8. The van der Waals surface area contributed by atoms with Gasteiger partial charge in [-0.15, -0.1) is 0 Å². The van der Waals surface area contributed by atoms with Crippen LogP contribution in [0, 0.1) is 0 Å². The summed E-state index contributed by atoms with van der Waals surface area (Å²) in [6.45, 7) is 3.24. The third kappa shape index (κ3) is 4.21. The quantitative estimate of drug-likeness (QED) is 0.835. The topological polar surface area (TPSA) is 55.5 Å². The number of aromatic nitrogens is 1. The number of furan rings is 1. The summed E-state index contributed by atoms with van der Waals surface area (Å²) in [7, 11) is 0. The summed E-state index contributed by atoms with van der Waals surface area (Å²) in [5.74, 6) is 1.95. The number of amides is 1. The maximum atomic E-state index is 12.9. The van der Waals surface area contributed by atoms with E-state index >= 15 is 0 Å². The standard InChI is InChI=1S/C20H26N2O3/c1-2-16-10-11-18(25-16)17-8-4-3-6-14-22(17)20(24)12-15-21-13-7-5-9-19(21)23/h5,7,9-11,13,17H,2-4,6,8,12,14-15H2,1H3/t17-/m0/s1. The second-order valence-electron chi connectivity index (χ2n) is 6.59. The SMILES string of the molecule is CCc1ccc([C@@H]2CCCCCN2C(=O)CCn2ccccc2=O)o1. The van der Waals surface area contributed by atoms with Crippen LogP contribution in [0.25, 0.3) is 0 Å². The second-order valence-corrected chi connectivity index (χ2v) is 6.59. The molecule has 0 aliphatic carbocycles. The van der Waals surface area contributed by atoms with E-state index in [1.54, 1.807) is 16.8 Å². The van der Waals surface area contributed by atoms with Crippen molar-refractivity contribution in [2.24, 2.45) is 0 Å². The molecule has 1 saturated heterocycles. The summed E-state index contributed by atoms with van der Waals surface area (Å²) in [6.07, 6.45) is 7.13. The first-order chi connectivity index (χ1) is 12.2. The van der Waals surface area contributed by atoms with Crippen molar-refractivity contribution in [3.05, 3.63) is 58.4 Å². The highest BCUT2D eigenvalue weighted by Crippen LogP contribution is 2.32. The zero-order valence-corrected chi connectivity index (χ0v) is 14.8. The molecule has 1 atom stereocenters. The second kappa shape index (κ2) is 8.19. The van der Waals surface area contributed by atoms with Gasteiger partial charge in [0.25, 0.3) is 5.56 Å². The van der Waals surface area contributed by atoms with Crippen molar-refractivity contribution in [1.29, 1.82) is 0 Å². The summed E-state index contributed by atoms with van der Waals surface area (Å²) in [4.78, 5) is 26.6. The molecule has 5 nitrogen and oxygen atoms in total. The van der Waals surface area contributed by atoms with Crippen LogP contribution < -0.4 is 5.56 Å². The highest BCUT2D eigenvalue weighted by atomic mass is 16.3. The van der Waals surface area contributed by atoms with Gasteiger partial charge in [-0.1, -0.05) is 25.8 Å². The number of carbonyl (C=O) groups is 1. The van der Waals surface area contributed by atoms with Gasteiger partial charge in [-0.2, -0.15) is 0 Å². The maximum absolute atomic E-state index is 12.9. The summed E-state index contributed by atoms with van der Waals surface area (Å²) in [5.41, 5.74) is -0.0682. The number of hydrogen-bond donors (Lipinski definition) is 0. The lowest BCUT2D eigenvalue weighted by Gasteiger charge is -2.29. The molecule has 0 spiro atoms. The van der Waals surface area contributed by atoms with E-state index in [-0.39, 0.29) is 17.5 Å². The fourth-order valence-electron chi connectivity index (χ4n) is 3.47. The Morgan fingerprint density at radius 2 is 2.08 bits per heavy atom. The van der Waals surface area contributed by atoms with Crippen molar-refractivity contribution in [2.45, 2.75) is 58.0 Å². The highest BCUT2D eigenvalue weighted by molar-refractivity contribution is 5.76. The Bertz CT molecular complexity index is 762. The number of aryl methyl sites for hydroxylation is 2. The molecule has 3 heterocycles. The lowest BCUT2D eigenvalue weighted by molar-refractivity contribution is -0.134. The average molecular weight is 342 g/mol. The van der Waals surface area contributed by atoms with Gasteiger partial charge in [0, 0.05) is 38.2 Å². The molecule has 134 valence electrons. The lowest BCUT2D eigenvalue weighted by Crippen LogP contribution is -2.35. The Labute approximate surface area is 148 Å². The largest absolute Gasteiger partial charge is 0.464 e. The molecule has 2 aromatic heterocycles. The first kappa shape index (κ1) is 17.5. The normalized spacial score (nSPS) is 18.1. The summed E-state index contributed by atoms with van der Waals surface area (Å²) in [6, 6.07) is 9.09. The van der Waals surface area contributed by atoms with Crippen molar-refractivity contribution in [3.8, 4) is 0 Å². The molecule has 3 rings (SSSR count). The molecule has 2 aromatic rings. The van der Waals surface area contributed by atoms with E-state index < -0.39 is 0 Å². The molecule has 0 bridgehead atoms. The van der Waals surface area contributed by atoms with Crippen LogP contribution in [0.5, 0.6) is 0 Å². The number of likely N-dealkylation sites (tertiary alicyclic amines) is 1. The molecule has 25 heavy (non-hydrogen) atoms. The Morgan fingerprint density at radius 3 is 2.84 bits per heavy atom. The predicted octanol–water partition coefficient (Wildman–Crippen LogP) is 3.54. The highest BCUT2D eigenvalue weighted by Gasteiger charge is 2.28. The van der Waals surface area contributed by atoms with E-state index in [1.165, 1.54) is 6.07 Å². The van der Waals surface area contributed by atoms with Crippen LogP contribution in [0.1, 0.15) is 56.6 Å². The van der Waals surface area contributed by atoms with Crippen molar-refractivity contribution < 1.29 is 9.21 Å². The minimum Gasteiger partial charge on any atom is -0.464 e. The minimum absolute atomic E-state index is 0.0165. The van der Waals surface area contributed by atoms with Crippen LogP contribution in [-0.2, 0) is 17.8 Å². The van der Waals surface area contributed by atoms with Gasteiger partial charge in [0.2, 0.25) is 5.91 Å². The molecule has 0 unspecified atom stereocenters. The van der Waals surface area contributed by atoms with Crippen molar-refractivity contribution in [2.75, 3.05) is 6.54 Å². The fourth-order valence-corrected chi connectivity index (χ4v) is 3.47. The van der Waals surface area contributed by atoms with Gasteiger partial charge in [0.15, 0.2) is 0 Å². The molecule has 1 aliphatic heterocycles. The van der Waals surface area contributed by atoms with Gasteiger partial charge in [-0.3, -0.25) is 9.59 Å². The zero-order chi connectivity index (χ0) is 17.6. The third-order valence-electron chi connectivity index (χ3n) is 4.90. The van der Waals surface area contributed by atoms with Gasteiger partial charge >= 0.3 is 0 Å². The van der Waals surface area contributed by atoms with Crippen LogP contribution in [0.3, 0.4) is 0 Å². The van der Waals surface area contributed by atoms with E-state index in [2.05, 4.69) is 6.92 Å². The van der Waals surface area contributed by atoms with E-state index in [0.29, 0.717) is 13.0 Å². The Hall–Kier alpha value is -2.30. The molecule has 1 fully saturated rings. The van der Waals surface area contributed by atoms with Crippen LogP contribution in [0.2, 0.25) is 0 Å². The molecule has 1 amide bonds. The average Bonchev–Trinajstić information content (AvgIpc) is 2.97. The van der Waals surface area contributed by atoms with Crippen LogP contribution >= 0.6 is 0 Å². The van der Waals surface area contributed by atoms with Gasteiger partial charge in [0.1, 0.15) is 11.5 Å². The fraction of sp³-hybridized carbons (Fsp3) is 0.500. The van der Waals surface area contributed by atoms with Gasteiger partial charge in [-0.25, -0.2) is 0 Å². The number of hydrogen-bond acceptors (Lipinski definition) is 3. The van der Waals surface area contributed by atoms with Gasteiger partial charge in [0.05, 0.1) is 6.04 Å². The molecule has 0 saturated carbocycles. The van der Waals surface area contributed by atoms with E-state index in [4.69, 9.17) is 4.42 Å². The van der Waals surface area contributed by atoms with Crippen LogP contribution in [0.4, 0.5) is 0 Å². The number of pyridine rings is 1. The van der Waals surface area contributed by atoms with E-state index in [1.807, 2.05) is 23.1 Å². The molecule has 0 aromatic carbocycles. The molecule has 5 heteroatoms. The first-order valence-corrected chi connectivity index (χ1v) is 9.22. The molecule has 0 radical (unpaired) electrons. The predicted molar refractivity (Wildman–Crippen MR) is 96.3 cm³/mol. The van der Waals surface area contributed by atoms with E-state index in [0.717, 1.165) is 50.2 Å². The smallest absolute Gasteiger partial charge is 0.250 e. The van der Waals surface area contributed by atoms with Crippen LogP contribution in [0.15, 0.2) is 45.7 Å². The molecule has 0 N–H and O–H groups in total. The lowest BCUT2D eigenvalue weighted by atomic mass is 10.1. The van der Waals surface area contributed by atoms with E-state index in [9.17, 15) is 9.59 Å². The Kier molecular flexibility index (Phi) is 5.74. The summed E-state index contributed by atoms with van der Waals surface area (Å²) >= 11 is 0. The number of nitrogens with zero attached hydrogens (tertiary/aromatic N) is 2. The Balaban J connectivity index is 1.73. The maximum Gasteiger partial charge on any atom is 0.250 e.